The van der Waals surface area contributed by atoms with Crippen LogP contribution in [-0.2, 0) is 11.8 Å². The molecule has 0 amide bonds. The second-order valence-corrected chi connectivity index (χ2v) is 8.24. The summed E-state index contributed by atoms with van der Waals surface area (Å²) in [5, 5.41) is 9.02. The van der Waals surface area contributed by atoms with Gasteiger partial charge in [-0.2, -0.15) is 5.10 Å². The molecule has 5 rings (SSSR count). The lowest BCUT2D eigenvalue weighted by atomic mass is 9.77. The number of pyridine rings is 1. The fraction of sp³-hybridized carbons (Fsp3) is 0.524. The topological polar surface area (TPSA) is 81.0 Å². The quantitative estimate of drug-likeness (QED) is 0.729. The van der Waals surface area contributed by atoms with Crippen molar-refractivity contribution < 1.29 is 4.74 Å². The molecule has 2 fully saturated rings. The highest BCUT2D eigenvalue weighted by atomic mass is 16.5. The summed E-state index contributed by atoms with van der Waals surface area (Å²) in [5.74, 6) is 3.92. The molecule has 1 aliphatic heterocycles. The second-order valence-electron chi connectivity index (χ2n) is 8.24. The van der Waals surface area contributed by atoms with Gasteiger partial charge in [0.1, 0.15) is 17.5 Å². The van der Waals surface area contributed by atoms with Crippen molar-refractivity contribution in [2.45, 2.75) is 31.9 Å². The molecular formula is C21H27N7O. The Morgan fingerprint density at radius 2 is 1.97 bits per heavy atom. The first-order valence-electron chi connectivity index (χ1n) is 10.2. The lowest BCUT2D eigenvalue weighted by Gasteiger charge is -2.37. The normalized spacial score (nSPS) is 26.7. The van der Waals surface area contributed by atoms with Crippen molar-refractivity contribution in [1.82, 2.24) is 24.7 Å². The van der Waals surface area contributed by atoms with E-state index in [4.69, 9.17) is 9.72 Å². The minimum absolute atomic E-state index is 0.184. The number of aromatic nitrogens is 5. The molecule has 0 spiro atoms. The molecule has 3 aromatic heterocycles. The average molecular weight is 393 g/mol. The molecule has 8 nitrogen and oxygen atoms in total. The Morgan fingerprint density at radius 1 is 1.14 bits per heavy atom. The zero-order chi connectivity index (χ0) is 20.0. The maximum atomic E-state index is 5.87. The number of hydrogen-bond acceptors (Lipinski definition) is 7. The summed E-state index contributed by atoms with van der Waals surface area (Å²) in [4.78, 5) is 16.2. The summed E-state index contributed by atoms with van der Waals surface area (Å²) < 4.78 is 7.69. The summed E-state index contributed by atoms with van der Waals surface area (Å²) in [5.41, 5.74) is 0.895. The predicted octanol–water partition coefficient (Wildman–Crippen LogP) is 2.41. The molecule has 2 aliphatic rings. The van der Waals surface area contributed by atoms with Crippen LogP contribution < -0.4 is 10.2 Å². The SMILES string of the molecule is CO[C@@H]1C[C@H]2CN(c3nc(C)nc4c3cnn4C)C[C@H]2C[C@H]1Nc1ccccn1. The number of nitrogens with one attached hydrogen (secondary N) is 1. The Labute approximate surface area is 170 Å². The number of anilines is 2. The molecule has 0 aromatic carbocycles. The van der Waals surface area contributed by atoms with Crippen molar-refractivity contribution in [3.8, 4) is 0 Å². The molecular weight excluding hydrogens is 366 g/mol. The molecule has 3 aromatic rings. The summed E-state index contributed by atoms with van der Waals surface area (Å²) >= 11 is 0. The van der Waals surface area contributed by atoms with Gasteiger partial charge >= 0.3 is 0 Å². The van der Waals surface area contributed by atoms with Gasteiger partial charge in [0.2, 0.25) is 0 Å². The van der Waals surface area contributed by atoms with Gasteiger partial charge in [-0.05, 0) is 43.7 Å². The van der Waals surface area contributed by atoms with E-state index in [0.29, 0.717) is 11.8 Å². The molecule has 4 heterocycles. The van der Waals surface area contributed by atoms with Crippen molar-refractivity contribution >= 4 is 22.7 Å². The van der Waals surface area contributed by atoms with Crippen LogP contribution in [0.15, 0.2) is 30.6 Å². The summed E-state index contributed by atoms with van der Waals surface area (Å²) in [7, 11) is 3.75. The van der Waals surface area contributed by atoms with E-state index in [1.165, 1.54) is 0 Å². The van der Waals surface area contributed by atoms with Crippen LogP contribution in [0.4, 0.5) is 11.6 Å². The van der Waals surface area contributed by atoms with Crippen LogP contribution in [0.2, 0.25) is 0 Å². The fourth-order valence-electron chi connectivity index (χ4n) is 4.99. The number of aryl methyl sites for hydroxylation is 2. The standard InChI is InChI=1S/C21H27N7O/c1-13-24-20-16(10-23-27(20)2)21(25-13)28-11-14-8-17(18(29-3)9-15(14)12-28)26-19-6-4-5-7-22-19/h4-7,10,14-15,17-18H,8-9,11-12H2,1-3H3,(H,22,26)/t14-,15+,17-,18-/m1/s1. The van der Waals surface area contributed by atoms with E-state index in [1.807, 2.05) is 56.4 Å². The highest BCUT2D eigenvalue weighted by molar-refractivity contribution is 5.87. The van der Waals surface area contributed by atoms with E-state index in [2.05, 4.69) is 25.3 Å². The van der Waals surface area contributed by atoms with Crippen molar-refractivity contribution in [2.24, 2.45) is 18.9 Å². The minimum atomic E-state index is 0.184. The number of rotatable bonds is 4. The van der Waals surface area contributed by atoms with Crippen LogP contribution in [0.1, 0.15) is 18.7 Å². The molecule has 1 aliphatic carbocycles. The largest absolute Gasteiger partial charge is 0.379 e. The van der Waals surface area contributed by atoms with Crippen LogP contribution in [0.3, 0.4) is 0 Å². The Balaban J connectivity index is 1.38. The fourth-order valence-corrected chi connectivity index (χ4v) is 4.99. The lowest BCUT2D eigenvalue weighted by Crippen LogP contribution is -2.44. The summed E-state index contributed by atoms with van der Waals surface area (Å²) in [6.45, 7) is 3.95. The first-order chi connectivity index (χ1) is 14.1. The maximum absolute atomic E-state index is 5.87. The zero-order valence-corrected chi connectivity index (χ0v) is 17.1. The van der Waals surface area contributed by atoms with E-state index < -0.39 is 0 Å². The van der Waals surface area contributed by atoms with Crippen LogP contribution in [0.25, 0.3) is 11.0 Å². The van der Waals surface area contributed by atoms with Gasteiger partial charge < -0.3 is 15.0 Å². The number of ether oxygens (including phenoxy) is 1. The van der Waals surface area contributed by atoms with Crippen LogP contribution >= 0.6 is 0 Å². The van der Waals surface area contributed by atoms with Gasteiger partial charge in [0, 0.05) is 33.4 Å². The minimum Gasteiger partial charge on any atom is -0.379 e. The van der Waals surface area contributed by atoms with Crippen molar-refractivity contribution in [1.29, 1.82) is 0 Å². The lowest BCUT2D eigenvalue weighted by molar-refractivity contribution is 0.0305. The Bertz CT molecular complexity index is 1000. The van der Waals surface area contributed by atoms with E-state index in [0.717, 1.165) is 54.4 Å². The van der Waals surface area contributed by atoms with Crippen LogP contribution in [0.5, 0.6) is 0 Å². The van der Waals surface area contributed by atoms with E-state index in [9.17, 15) is 0 Å². The van der Waals surface area contributed by atoms with Crippen LogP contribution in [0, 0.1) is 18.8 Å². The van der Waals surface area contributed by atoms with E-state index in [1.54, 1.807) is 0 Å². The number of nitrogens with zero attached hydrogens (tertiary/aromatic N) is 6. The first kappa shape index (κ1) is 18.3. The van der Waals surface area contributed by atoms with E-state index >= 15 is 0 Å². The molecule has 1 N–H and O–H groups in total. The highest BCUT2D eigenvalue weighted by Crippen LogP contribution is 2.40. The number of fused-ring (bicyclic) bond motifs is 2. The number of methoxy groups -OCH3 is 1. The van der Waals surface area contributed by atoms with Crippen molar-refractivity contribution in [2.75, 3.05) is 30.4 Å². The molecule has 0 radical (unpaired) electrons. The van der Waals surface area contributed by atoms with Gasteiger partial charge in [-0.25, -0.2) is 15.0 Å². The van der Waals surface area contributed by atoms with Crippen LogP contribution in [-0.4, -0.2) is 57.1 Å². The van der Waals surface area contributed by atoms with E-state index in [-0.39, 0.29) is 12.1 Å². The monoisotopic (exact) mass is 393 g/mol. The molecule has 4 atom stereocenters. The van der Waals surface area contributed by atoms with Crippen molar-refractivity contribution in [3.63, 3.8) is 0 Å². The summed E-state index contributed by atoms with van der Waals surface area (Å²) in [6.07, 6.45) is 6.00. The maximum Gasteiger partial charge on any atom is 0.163 e. The molecule has 1 saturated carbocycles. The molecule has 0 unspecified atom stereocenters. The van der Waals surface area contributed by atoms with Gasteiger partial charge in [0.25, 0.3) is 0 Å². The highest BCUT2D eigenvalue weighted by Gasteiger charge is 2.43. The average Bonchev–Trinajstić information content (AvgIpc) is 3.31. The first-order valence-corrected chi connectivity index (χ1v) is 10.2. The summed E-state index contributed by atoms with van der Waals surface area (Å²) in [6, 6.07) is 6.23. The third kappa shape index (κ3) is 3.31. The third-order valence-corrected chi connectivity index (χ3v) is 6.40. The smallest absolute Gasteiger partial charge is 0.163 e. The van der Waals surface area contributed by atoms with Gasteiger partial charge in [0.05, 0.1) is 23.7 Å². The van der Waals surface area contributed by atoms with Gasteiger partial charge in [-0.15, -0.1) is 0 Å². The molecule has 8 heteroatoms. The molecule has 1 saturated heterocycles. The molecule has 152 valence electrons. The Morgan fingerprint density at radius 3 is 2.72 bits per heavy atom. The van der Waals surface area contributed by atoms with Gasteiger partial charge in [0.15, 0.2) is 5.65 Å². The van der Waals surface area contributed by atoms with Gasteiger partial charge in [-0.3, -0.25) is 4.68 Å². The zero-order valence-electron chi connectivity index (χ0n) is 17.1. The third-order valence-electron chi connectivity index (χ3n) is 6.40. The molecule has 0 bridgehead atoms. The van der Waals surface area contributed by atoms with Crippen molar-refractivity contribution in [3.05, 3.63) is 36.4 Å². The predicted molar refractivity (Wildman–Crippen MR) is 112 cm³/mol. The second kappa shape index (κ2) is 7.26. The van der Waals surface area contributed by atoms with Gasteiger partial charge in [-0.1, -0.05) is 6.07 Å². The Hall–Kier alpha value is -2.74. The molecule has 29 heavy (non-hydrogen) atoms. The number of hydrogen-bond donors (Lipinski definition) is 1. The Kier molecular flexibility index (Phi) is 4.58.